The Morgan fingerprint density at radius 1 is 0.722 bits per heavy atom. The number of tetrazole rings is 1. The third kappa shape index (κ3) is 7.77. The van der Waals surface area contributed by atoms with E-state index in [1.54, 1.807) is 72.8 Å². The highest BCUT2D eigenvalue weighted by Gasteiger charge is 2.43. The predicted octanol–water partition coefficient (Wildman–Crippen LogP) is 6.05. The molecular weight excluding hydrogens is 726 g/mol. The molecule has 0 saturated carbocycles. The summed E-state index contributed by atoms with van der Waals surface area (Å²) in [4.78, 5) is 3.03. The minimum Gasteiger partial charge on any atom is -0.497 e. The van der Waals surface area contributed by atoms with E-state index in [4.69, 9.17) is 25.7 Å². The van der Waals surface area contributed by atoms with E-state index in [-0.39, 0.29) is 48.0 Å². The number of halogens is 3. The lowest BCUT2D eigenvalue weighted by molar-refractivity contribution is -0.139. The van der Waals surface area contributed by atoms with Gasteiger partial charge < -0.3 is 25.7 Å². The number of pyridine rings is 1. The molecule has 0 aliphatic heterocycles. The Morgan fingerprint density at radius 3 is 1.74 bits per heavy atom. The lowest BCUT2D eigenvalue weighted by Crippen LogP contribution is -2.32. The van der Waals surface area contributed by atoms with Gasteiger partial charge >= 0.3 is 6.18 Å². The van der Waals surface area contributed by atoms with E-state index in [1.165, 1.54) is 38.4 Å². The molecule has 280 valence electrons. The molecule has 0 amide bonds. The van der Waals surface area contributed by atoms with Gasteiger partial charge in [-0.3, -0.25) is 4.98 Å². The second-order valence-corrected chi connectivity index (χ2v) is 13.9. The molecule has 0 unspecified atom stereocenters. The van der Waals surface area contributed by atoms with Crippen LogP contribution in [0.25, 0.3) is 22.5 Å². The molecule has 54 heavy (non-hydrogen) atoms. The highest BCUT2D eigenvalue weighted by atomic mass is 32.2. The van der Waals surface area contributed by atoms with Gasteiger partial charge in [-0.15, -0.1) is 5.10 Å². The highest BCUT2D eigenvalue weighted by molar-refractivity contribution is 7.89. The molecule has 0 aliphatic carbocycles. The molecule has 2 heterocycles. The summed E-state index contributed by atoms with van der Waals surface area (Å²) in [7, 11) is -0.650. The number of benzene rings is 4. The number of sulfonamides is 1. The number of alkyl halides is 3. The van der Waals surface area contributed by atoms with Gasteiger partial charge in [0, 0.05) is 30.4 Å². The number of hydrogen-bond donors (Lipinski definition) is 2. The molecule has 0 spiro atoms. The quantitative estimate of drug-likeness (QED) is 0.140. The van der Waals surface area contributed by atoms with Gasteiger partial charge in [-0.25, -0.2) is 13.1 Å². The summed E-state index contributed by atoms with van der Waals surface area (Å²) in [6.45, 7) is -0.691. The number of nitrogens with zero attached hydrogens (tertiary/aromatic N) is 6. The van der Waals surface area contributed by atoms with Crippen LogP contribution in [0.2, 0.25) is 0 Å². The van der Waals surface area contributed by atoms with Crippen molar-refractivity contribution in [2.45, 2.75) is 30.7 Å². The van der Waals surface area contributed by atoms with Crippen molar-refractivity contribution in [3.63, 3.8) is 0 Å². The Labute approximate surface area is 309 Å². The van der Waals surface area contributed by atoms with Gasteiger partial charge in [0.25, 0.3) is 0 Å². The molecule has 0 aliphatic rings. The summed E-state index contributed by atoms with van der Waals surface area (Å²) in [6.07, 6.45) is -2.59. The molecule has 4 N–H and O–H groups in total. The van der Waals surface area contributed by atoms with Crippen molar-refractivity contribution in [1.29, 1.82) is 0 Å². The standard InChI is InChI=1S/C37H35F3N8O5S/c1-51-26-10-4-23(5-11-26)20-47(21-24-6-12-27(52-2)13-7-24)54(49,50)35-31(37(38,39)40)17-16-29(30-18-43-19-32(41)34(30)42)33(35)36-44-45-46-48(36)22-25-8-14-28(53-3)15-9-25/h4-19H,20-22,41H2,1-3H3,(H2,42,43). The molecule has 0 radical (unpaired) electrons. The number of anilines is 2. The van der Waals surface area contributed by atoms with Crippen LogP contribution in [0.1, 0.15) is 22.3 Å². The van der Waals surface area contributed by atoms with Crippen molar-refractivity contribution in [3.05, 3.63) is 120 Å². The predicted molar refractivity (Wildman–Crippen MR) is 195 cm³/mol. The van der Waals surface area contributed by atoms with Crippen LogP contribution in [-0.2, 0) is 35.8 Å². The zero-order valence-electron chi connectivity index (χ0n) is 29.3. The number of ether oxygens (including phenoxy) is 3. The van der Waals surface area contributed by atoms with Crippen LogP contribution in [0.5, 0.6) is 17.2 Å². The molecule has 0 bridgehead atoms. The fraction of sp³-hybridized carbons (Fsp3) is 0.189. The monoisotopic (exact) mass is 760 g/mol. The molecule has 0 atom stereocenters. The lowest BCUT2D eigenvalue weighted by atomic mass is 9.96. The van der Waals surface area contributed by atoms with E-state index in [2.05, 4.69) is 20.5 Å². The average Bonchev–Trinajstić information content (AvgIpc) is 3.63. The van der Waals surface area contributed by atoms with E-state index < -0.39 is 32.2 Å². The van der Waals surface area contributed by atoms with Crippen molar-refractivity contribution < 1.29 is 35.8 Å². The van der Waals surface area contributed by atoms with Crippen LogP contribution in [0.3, 0.4) is 0 Å². The Kier molecular flexibility index (Phi) is 10.7. The van der Waals surface area contributed by atoms with Crippen LogP contribution in [0.4, 0.5) is 24.5 Å². The van der Waals surface area contributed by atoms with Gasteiger partial charge in [0.1, 0.15) is 22.1 Å². The summed E-state index contributed by atoms with van der Waals surface area (Å²) in [5, 5.41) is 12.0. The van der Waals surface area contributed by atoms with Gasteiger partial charge in [-0.1, -0.05) is 42.5 Å². The van der Waals surface area contributed by atoms with Crippen LogP contribution in [-0.4, -0.2) is 59.2 Å². The Hall–Kier alpha value is -6.20. The fourth-order valence-electron chi connectivity index (χ4n) is 5.84. The largest absolute Gasteiger partial charge is 0.497 e. The highest BCUT2D eigenvalue weighted by Crippen LogP contribution is 2.46. The van der Waals surface area contributed by atoms with E-state index >= 15 is 21.6 Å². The zero-order chi connectivity index (χ0) is 38.6. The summed E-state index contributed by atoms with van der Waals surface area (Å²) in [5.41, 5.74) is 12.2. The Bertz CT molecular complexity index is 2300. The van der Waals surface area contributed by atoms with Gasteiger partial charge in [0.2, 0.25) is 10.0 Å². The first-order valence-corrected chi connectivity index (χ1v) is 17.7. The van der Waals surface area contributed by atoms with Crippen LogP contribution >= 0.6 is 0 Å². The summed E-state index contributed by atoms with van der Waals surface area (Å²) in [5.74, 6) is 1.31. The number of nitrogens with two attached hydrogens (primary N) is 2. The number of nitrogen functional groups attached to an aromatic ring is 2. The van der Waals surface area contributed by atoms with Crippen molar-refractivity contribution in [2.75, 3.05) is 32.8 Å². The van der Waals surface area contributed by atoms with E-state index in [0.29, 0.717) is 40.0 Å². The smallest absolute Gasteiger partial charge is 0.417 e. The van der Waals surface area contributed by atoms with Crippen LogP contribution < -0.4 is 25.7 Å². The Morgan fingerprint density at radius 2 is 1.24 bits per heavy atom. The van der Waals surface area contributed by atoms with Crippen LogP contribution in [0.15, 0.2) is 102 Å². The summed E-state index contributed by atoms with van der Waals surface area (Å²) in [6, 6.07) is 21.7. The van der Waals surface area contributed by atoms with E-state index in [9.17, 15) is 0 Å². The minimum absolute atomic E-state index is 0.0289. The summed E-state index contributed by atoms with van der Waals surface area (Å²) < 4.78 is 94.2. The topological polar surface area (TPSA) is 174 Å². The maximum Gasteiger partial charge on any atom is 0.417 e. The maximum atomic E-state index is 15.3. The van der Waals surface area contributed by atoms with Crippen molar-refractivity contribution >= 4 is 21.4 Å². The third-order valence-corrected chi connectivity index (χ3v) is 10.5. The van der Waals surface area contributed by atoms with Gasteiger partial charge in [-0.2, -0.15) is 17.5 Å². The number of methoxy groups -OCH3 is 3. The maximum absolute atomic E-state index is 15.3. The van der Waals surface area contributed by atoms with Crippen molar-refractivity contribution in [3.8, 4) is 39.8 Å². The molecule has 6 aromatic rings. The minimum atomic E-state index is -5.16. The number of hydrogen-bond acceptors (Lipinski definition) is 11. The third-order valence-electron chi connectivity index (χ3n) is 8.65. The molecule has 0 fully saturated rings. The van der Waals surface area contributed by atoms with Gasteiger partial charge in [0.05, 0.1) is 51.0 Å². The van der Waals surface area contributed by atoms with Crippen molar-refractivity contribution in [2.24, 2.45) is 0 Å². The van der Waals surface area contributed by atoms with Crippen LogP contribution in [0, 0.1) is 0 Å². The fourth-order valence-corrected chi connectivity index (χ4v) is 7.66. The molecular formula is C37H35F3N8O5S. The normalized spacial score (nSPS) is 11.8. The van der Waals surface area contributed by atoms with E-state index in [1.807, 2.05) is 0 Å². The molecule has 0 saturated heterocycles. The zero-order valence-corrected chi connectivity index (χ0v) is 30.1. The first-order chi connectivity index (χ1) is 25.8. The lowest BCUT2D eigenvalue weighted by Gasteiger charge is -2.27. The molecule has 17 heteroatoms. The molecule has 2 aromatic heterocycles. The average molecular weight is 761 g/mol. The molecule has 13 nitrogen and oxygen atoms in total. The Balaban J connectivity index is 1.63. The van der Waals surface area contributed by atoms with Gasteiger partial charge in [-0.05, 0) is 75.1 Å². The second-order valence-electron chi connectivity index (χ2n) is 12.0. The SMILES string of the molecule is COc1ccc(CN(Cc2ccc(OC)cc2)S(=O)(=O)c2c(C(F)(F)F)ccc(-c3cncc(N)c3N)c2-c2nnnn2Cc2ccc(OC)cc2)cc1. The number of rotatable bonds is 13. The number of aromatic nitrogens is 5. The second kappa shape index (κ2) is 15.4. The van der Waals surface area contributed by atoms with Gasteiger partial charge in [0.15, 0.2) is 5.82 Å². The first kappa shape index (κ1) is 37.6. The van der Waals surface area contributed by atoms with Crippen molar-refractivity contribution in [1.82, 2.24) is 29.5 Å². The van der Waals surface area contributed by atoms with E-state index in [0.717, 1.165) is 10.4 Å². The molecule has 4 aromatic carbocycles. The molecule has 6 rings (SSSR count). The first-order valence-electron chi connectivity index (χ1n) is 16.2. The summed E-state index contributed by atoms with van der Waals surface area (Å²) >= 11 is 0.